The second-order valence-corrected chi connectivity index (χ2v) is 8.72. The Balaban J connectivity index is 1.41. The van der Waals surface area contributed by atoms with Gasteiger partial charge in [0, 0.05) is 35.3 Å². The molecule has 2 fully saturated rings. The number of rotatable bonds is 3. The van der Waals surface area contributed by atoms with E-state index in [2.05, 4.69) is 30.0 Å². The first-order valence-electron chi connectivity index (χ1n) is 10.2. The van der Waals surface area contributed by atoms with E-state index in [0.29, 0.717) is 17.9 Å². The van der Waals surface area contributed by atoms with Crippen molar-refractivity contribution in [3.8, 4) is 11.3 Å². The Morgan fingerprint density at radius 2 is 2.15 bits per heavy atom. The third-order valence-electron chi connectivity index (χ3n) is 7.23. The first-order valence-corrected chi connectivity index (χ1v) is 10.2. The van der Waals surface area contributed by atoms with Gasteiger partial charge in [0.1, 0.15) is 0 Å². The van der Waals surface area contributed by atoms with E-state index in [1.54, 1.807) is 0 Å². The Morgan fingerprint density at radius 3 is 2.89 bits per heavy atom. The van der Waals surface area contributed by atoms with Crippen LogP contribution in [0.4, 0.5) is 5.95 Å². The zero-order valence-corrected chi connectivity index (χ0v) is 15.6. The molecule has 2 heterocycles. The first kappa shape index (κ1) is 15.6. The number of aromatic nitrogens is 2. The number of primary amides is 1. The van der Waals surface area contributed by atoms with Gasteiger partial charge in [-0.2, -0.15) is 0 Å². The monoisotopic (exact) mass is 360 g/mol. The van der Waals surface area contributed by atoms with Crippen molar-refractivity contribution in [1.29, 1.82) is 0 Å². The van der Waals surface area contributed by atoms with Crippen molar-refractivity contribution >= 4 is 11.9 Å². The molecule has 1 aromatic heterocycles. The Hall–Kier alpha value is -2.43. The van der Waals surface area contributed by atoms with Gasteiger partial charge in [-0.25, -0.2) is 9.97 Å². The van der Waals surface area contributed by atoms with Crippen LogP contribution in [-0.4, -0.2) is 28.5 Å². The van der Waals surface area contributed by atoms with E-state index in [1.165, 1.54) is 40.8 Å². The topological polar surface area (TPSA) is 72.1 Å². The van der Waals surface area contributed by atoms with Crippen molar-refractivity contribution in [3.05, 3.63) is 40.6 Å². The predicted molar refractivity (Wildman–Crippen MR) is 104 cm³/mol. The van der Waals surface area contributed by atoms with E-state index in [0.717, 1.165) is 37.4 Å². The van der Waals surface area contributed by atoms with Gasteiger partial charge >= 0.3 is 0 Å². The zero-order chi connectivity index (χ0) is 18.3. The molecule has 1 aromatic carbocycles. The fourth-order valence-corrected chi connectivity index (χ4v) is 5.55. The van der Waals surface area contributed by atoms with Gasteiger partial charge in [-0.3, -0.25) is 4.79 Å². The normalized spacial score (nSPS) is 29.7. The number of carbonyl (C=O) groups excluding carboxylic acids is 1. The number of amides is 1. The van der Waals surface area contributed by atoms with Crippen LogP contribution in [0.5, 0.6) is 0 Å². The van der Waals surface area contributed by atoms with Crippen LogP contribution in [0.3, 0.4) is 0 Å². The summed E-state index contributed by atoms with van der Waals surface area (Å²) in [5.41, 5.74) is 13.2. The molecule has 5 heteroatoms. The molecule has 3 aliphatic carbocycles. The van der Waals surface area contributed by atoms with E-state index in [4.69, 9.17) is 15.7 Å². The van der Waals surface area contributed by atoms with Crippen molar-refractivity contribution < 1.29 is 4.79 Å². The molecule has 2 N–H and O–H groups in total. The summed E-state index contributed by atoms with van der Waals surface area (Å²) in [5.74, 6) is 1.62. The van der Waals surface area contributed by atoms with Gasteiger partial charge in [0.25, 0.3) is 0 Å². The molecular formula is C22H24N4O. The lowest BCUT2D eigenvalue weighted by Crippen LogP contribution is -2.46. The van der Waals surface area contributed by atoms with Crippen LogP contribution < -0.4 is 10.6 Å². The number of fused-ring (bicyclic) bond motifs is 4. The highest BCUT2D eigenvalue weighted by Gasteiger charge is 2.58. The summed E-state index contributed by atoms with van der Waals surface area (Å²) in [6, 6.07) is 7.26. The molecule has 1 aliphatic heterocycles. The van der Waals surface area contributed by atoms with Crippen LogP contribution in [0.25, 0.3) is 11.3 Å². The molecule has 5 nitrogen and oxygen atoms in total. The standard InChI is InChI=1S/C22H24N4O/c1-11-7-8-26(11)22-24-17-4-2-3-15(17)20(25-22)12-5-6-14-13(9-12)10-16-18(14)19(16)21(23)27/h5-6,9,11,16,18-19H,2-4,7-8,10H2,1H3,(H2,23,27)/t11-,16-,18+,19+/m0/s1. The van der Waals surface area contributed by atoms with Crippen molar-refractivity contribution in [1.82, 2.24) is 9.97 Å². The van der Waals surface area contributed by atoms with Crippen LogP contribution in [0.2, 0.25) is 0 Å². The van der Waals surface area contributed by atoms with Gasteiger partial charge in [-0.15, -0.1) is 0 Å². The highest BCUT2D eigenvalue weighted by Crippen LogP contribution is 2.61. The van der Waals surface area contributed by atoms with E-state index in [9.17, 15) is 4.79 Å². The molecule has 4 atom stereocenters. The van der Waals surface area contributed by atoms with Crippen molar-refractivity contribution in [2.45, 2.75) is 51.0 Å². The summed E-state index contributed by atoms with van der Waals surface area (Å²) < 4.78 is 0. The van der Waals surface area contributed by atoms with E-state index < -0.39 is 0 Å². The van der Waals surface area contributed by atoms with Crippen LogP contribution in [0.1, 0.15) is 48.1 Å². The molecule has 0 bridgehead atoms. The second kappa shape index (κ2) is 5.31. The van der Waals surface area contributed by atoms with Crippen LogP contribution in [-0.2, 0) is 24.1 Å². The quantitative estimate of drug-likeness (QED) is 0.913. The van der Waals surface area contributed by atoms with Gasteiger partial charge in [-0.1, -0.05) is 12.1 Å². The van der Waals surface area contributed by atoms with Crippen LogP contribution >= 0.6 is 0 Å². The third-order valence-corrected chi connectivity index (χ3v) is 7.23. The third kappa shape index (κ3) is 2.14. The average Bonchev–Trinajstić information content (AvgIpc) is 2.99. The number of nitrogens with zero attached hydrogens (tertiary/aromatic N) is 3. The number of aryl methyl sites for hydroxylation is 1. The van der Waals surface area contributed by atoms with Gasteiger partial charge in [0.2, 0.25) is 11.9 Å². The predicted octanol–water partition coefficient (Wildman–Crippen LogP) is 2.60. The molecule has 0 unspecified atom stereocenters. The minimum atomic E-state index is -0.137. The second-order valence-electron chi connectivity index (χ2n) is 8.72. The first-order chi connectivity index (χ1) is 13.1. The average molecular weight is 360 g/mol. The summed E-state index contributed by atoms with van der Waals surface area (Å²) in [6.07, 6.45) is 5.51. The van der Waals surface area contributed by atoms with Crippen molar-refractivity contribution in [2.75, 3.05) is 11.4 Å². The SMILES string of the molecule is C[C@H]1CCN1c1nc2c(c(-c3ccc4c(c3)C[C@@H]3[C@@H](C(N)=O)[C@H]43)n1)CCC2. The Morgan fingerprint density at radius 1 is 1.26 bits per heavy atom. The number of carbonyl (C=O) groups is 1. The number of anilines is 1. The van der Waals surface area contributed by atoms with E-state index in [-0.39, 0.29) is 11.8 Å². The molecule has 6 rings (SSSR count). The molecule has 2 aromatic rings. The molecule has 27 heavy (non-hydrogen) atoms. The fourth-order valence-electron chi connectivity index (χ4n) is 5.55. The highest BCUT2D eigenvalue weighted by molar-refractivity contribution is 5.83. The largest absolute Gasteiger partial charge is 0.369 e. The summed E-state index contributed by atoms with van der Waals surface area (Å²) in [4.78, 5) is 23.8. The molecule has 0 radical (unpaired) electrons. The van der Waals surface area contributed by atoms with Crippen LogP contribution in [0.15, 0.2) is 18.2 Å². The Bertz CT molecular complexity index is 985. The minimum Gasteiger partial charge on any atom is -0.369 e. The lowest BCUT2D eigenvalue weighted by Gasteiger charge is -2.39. The maximum Gasteiger partial charge on any atom is 0.226 e. The van der Waals surface area contributed by atoms with Crippen molar-refractivity contribution in [2.24, 2.45) is 17.6 Å². The summed E-state index contributed by atoms with van der Waals surface area (Å²) in [6.45, 7) is 3.30. The number of hydrogen-bond donors (Lipinski definition) is 1. The lowest BCUT2D eigenvalue weighted by atomic mass is 9.96. The summed E-state index contributed by atoms with van der Waals surface area (Å²) in [7, 11) is 0. The molecule has 0 spiro atoms. The molecule has 138 valence electrons. The Labute approximate surface area is 159 Å². The molecule has 1 saturated heterocycles. The zero-order valence-electron chi connectivity index (χ0n) is 15.6. The van der Waals surface area contributed by atoms with Crippen molar-refractivity contribution in [3.63, 3.8) is 0 Å². The van der Waals surface area contributed by atoms with Gasteiger partial charge in [0.05, 0.1) is 5.69 Å². The maximum atomic E-state index is 11.6. The fraction of sp³-hybridized carbons (Fsp3) is 0.500. The maximum absolute atomic E-state index is 11.6. The summed E-state index contributed by atoms with van der Waals surface area (Å²) in [5, 5.41) is 0. The molecule has 1 saturated carbocycles. The smallest absolute Gasteiger partial charge is 0.226 e. The van der Waals surface area contributed by atoms with E-state index in [1.807, 2.05) is 0 Å². The van der Waals surface area contributed by atoms with Gasteiger partial charge in [-0.05, 0) is 68.1 Å². The lowest BCUT2D eigenvalue weighted by molar-refractivity contribution is -0.119. The van der Waals surface area contributed by atoms with Gasteiger partial charge in [0.15, 0.2) is 0 Å². The molecule has 1 amide bonds. The highest BCUT2D eigenvalue weighted by atomic mass is 16.1. The summed E-state index contributed by atoms with van der Waals surface area (Å²) >= 11 is 0. The number of nitrogens with two attached hydrogens (primary N) is 1. The number of hydrogen-bond acceptors (Lipinski definition) is 4. The van der Waals surface area contributed by atoms with Gasteiger partial charge < -0.3 is 10.6 Å². The molecular weight excluding hydrogens is 336 g/mol. The minimum absolute atomic E-state index is 0.0613. The van der Waals surface area contributed by atoms with Crippen LogP contribution in [0, 0.1) is 11.8 Å². The number of benzene rings is 1. The molecule has 4 aliphatic rings. The van der Waals surface area contributed by atoms with E-state index >= 15 is 0 Å². The Kier molecular flexibility index (Phi) is 3.07.